The van der Waals surface area contributed by atoms with Crippen molar-refractivity contribution in [2.24, 2.45) is 0 Å². The van der Waals surface area contributed by atoms with Crippen LogP contribution >= 0.6 is 0 Å². The Morgan fingerprint density at radius 3 is 2.53 bits per heavy atom. The number of carbonyl (C=O) groups is 1. The van der Waals surface area contributed by atoms with Gasteiger partial charge in [-0.05, 0) is 0 Å². The summed E-state index contributed by atoms with van der Waals surface area (Å²) in [5.74, 6) is -0.777. The normalized spacial score (nSPS) is 11.2. The van der Waals surface area contributed by atoms with Crippen molar-refractivity contribution in [2.45, 2.75) is 4.90 Å². The van der Waals surface area contributed by atoms with Crippen LogP contribution < -0.4 is 2.81 Å². The van der Waals surface area contributed by atoms with Gasteiger partial charge in [-0.15, -0.1) is 0 Å². The molecule has 0 atom stereocenters. The molecule has 0 aliphatic heterocycles. The van der Waals surface area contributed by atoms with Crippen molar-refractivity contribution in [3.63, 3.8) is 0 Å². The molecule has 0 heterocycles. The molecule has 0 saturated heterocycles. The van der Waals surface area contributed by atoms with E-state index in [9.17, 15) is 13.2 Å². The third-order valence-electron chi connectivity index (χ3n) is 1.88. The molecule has 5 nitrogen and oxygen atoms in total. The average molecular weight is 238 g/mol. The Labute approximate surface area is 105 Å². The molecule has 7 heteroatoms. The molecule has 0 aliphatic rings. The van der Waals surface area contributed by atoms with Gasteiger partial charge in [0.15, 0.2) is 0 Å². The van der Waals surface area contributed by atoms with Crippen molar-refractivity contribution < 1.29 is 22.5 Å². The van der Waals surface area contributed by atoms with E-state index in [0.29, 0.717) is 30.7 Å². The molecule has 0 bridgehead atoms. The first-order chi connectivity index (χ1) is 6.88. The van der Waals surface area contributed by atoms with Crippen molar-refractivity contribution >= 4 is 46.8 Å². The summed E-state index contributed by atoms with van der Waals surface area (Å²) in [4.78, 5) is 10.9. The van der Waals surface area contributed by atoms with E-state index >= 15 is 0 Å². The predicted octanol–water partition coefficient (Wildman–Crippen LogP) is -0.486. The van der Waals surface area contributed by atoms with Gasteiger partial charge in [0.1, 0.15) is 0 Å². The molecular weight excluding hydrogens is 231 g/mol. The molecule has 15 heavy (non-hydrogen) atoms. The first kappa shape index (κ1) is 12.7. The van der Waals surface area contributed by atoms with E-state index in [2.05, 4.69) is 4.74 Å². The molecule has 1 rings (SSSR count). The molecule has 0 amide bonds. The molecule has 1 aromatic carbocycles. The van der Waals surface area contributed by atoms with E-state index in [0.717, 1.165) is 7.11 Å². The van der Waals surface area contributed by atoms with Crippen LogP contribution in [0.4, 0.5) is 0 Å². The minimum absolute atomic E-state index is 0.132. The van der Waals surface area contributed by atoms with Gasteiger partial charge in [-0.25, -0.2) is 0 Å². The number of carbonyl (C=O) groups excluding carboxylic acids is 1. The predicted molar refractivity (Wildman–Crippen MR) is 53.0 cm³/mol. The molecule has 0 spiro atoms. The third kappa shape index (κ3) is 2.79. The summed E-state index contributed by atoms with van der Waals surface area (Å²) in [6, 6.07) is 4.39. The molecule has 0 aliphatic carbocycles. The summed E-state index contributed by atoms with van der Waals surface area (Å²) >= 11 is 0.406. The standard InChI is InChI=1S/C8H7O5S.Na/c1-13-8(9)6-4-2-3-5-7(6)14(10,11)12;/h2-4H,1H3,(H,10,11,12);. The Morgan fingerprint density at radius 1 is 1.47 bits per heavy atom. The van der Waals surface area contributed by atoms with Gasteiger partial charge in [0.25, 0.3) is 0 Å². The number of rotatable bonds is 2. The van der Waals surface area contributed by atoms with Crippen LogP contribution in [-0.4, -0.2) is 54.0 Å². The zero-order valence-electron chi connectivity index (χ0n) is 8.22. The average Bonchev–Trinajstić information content (AvgIpc) is 2.14. The molecule has 0 aromatic heterocycles. The van der Waals surface area contributed by atoms with Crippen LogP contribution in [-0.2, 0) is 14.9 Å². The van der Waals surface area contributed by atoms with Crippen molar-refractivity contribution in [3.8, 4) is 0 Å². The fourth-order valence-corrected chi connectivity index (χ4v) is 3.41. The molecule has 1 aromatic rings. The van der Waals surface area contributed by atoms with E-state index in [1.807, 2.05) is 0 Å². The second-order valence-corrected chi connectivity index (χ2v) is 5.35. The van der Waals surface area contributed by atoms with Gasteiger partial charge in [0, 0.05) is 0 Å². The van der Waals surface area contributed by atoms with Gasteiger partial charge in [-0.2, -0.15) is 0 Å². The number of hydrogen-bond acceptors (Lipinski definition) is 4. The number of esters is 1. The molecule has 0 fully saturated rings. The minimum atomic E-state index is -4.39. The topological polar surface area (TPSA) is 80.7 Å². The van der Waals surface area contributed by atoms with Crippen molar-refractivity contribution in [1.29, 1.82) is 0 Å². The first-order valence-electron chi connectivity index (χ1n) is 4.03. The van der Waals surface area contributed by atoms with E-state index in [1.165, 1.54) is 6.07 Å². The molecule has 0 radical (unpaired) electrons. The van der Waals surface area contributed by atoms with Crippen molar-refractivity contribution in [3.05, 3.63) is 23.8 Å². The summed E-state index contributed by atoms with van der Waals surface area (Å²) in [5, 5.41) is 0. The molecule has 76 valence electrons. The Bertz CT molecular complexity index is 494. The number of benzene rings is 1. The number of hydrogen-bond donors (Lipinski definition) is 1. The monoisotopic (exact) mass is 238 g/mol. The van der Waals surface area contributed by atoms with Gasteiger partial charge in [-0.3, -0.25) is 0 Å². The molecule has 1 N–H and O–H groups in total. The van der Waals surface area contributed by atoms with Gasteiger partial charge >= 0.3 is 105 Å². The Kier molecular flexibility index (Phi) is 3.91. The first-order valence-corrected chi connectivity index (χ1v) is 6.47. The second kappa shape index (κ2) is 4.63. The Hall–Kier alpha value is -0.400. The van der Waals surface area contributed by atoms with Gasteiger partial charge < -0.3 is 0 Å². The van der Waals surface area contributed by atoms with Gasteiger partial charge in [0.05, 0.1) is 0 Å². The SMILES string of the molecule is COC(=O)c1ccc[c]([Na])c1S(=O)(=O)O. The zero-order valence-corrected chi connectivity index (χ0v) is 11.0. The fraction of sp³-hybridized carbons (Fsp3) is 0.125. The third-order valence-corrected chi connectivity index (χ3v) is 4.13. The molecular formula is C8H7NaO5S. The van der Waals surface area contributed by atoms with Gasteiger partial charge in [-0.1, -0.05) is 0 Å². The second-order valence-electron chi connectivity index (χ2n) is 2.92. The molecule has 0 saturated carbocycles. The van der Waals surface area contributed by atoms with Crippen LogP contribution in [0.5, 0.6) is 0 Å². The van der Waals surface area contributed by atoms with Crippen LogP contribution in [0.2, 0.25) is 0 Å². The van der Waals surface area contributed by atoms with E-state index in [-0.39, 0.29) is 10.5 Å². The van der Waals surface area contributed by atoms with Gasteiger partial charge in [0.2, 0.25) is 0 Å². The maximum absolute atomic E-state index is 11.3. The van der Waals surface area contributed by atoms with E-state index in [1.54, 1.807) is 12.1 Å². The summed E-state index contributed by atoms with van der Waals surface area (Å²) < 4.78 is 36.0. The zero-order chi connectivity index (χ0) is 11.6. The summed E-state index contributed by atoms with van der Waals surface area (Å²) in [6.07, 6.45) is 0. The quantitative estimate of drug-likeness (QED) is 0.427. The Morgan fingerprint density at radius 2 is 2.07 bits per heavy atom. The van der Waals surface area contributed by atoms with Crippen LogP contribution in [0.25, 0.3) is 0 Å². The summed E-state index contributed by atoms with van der Waals surface area (Å²) in [7, 11) is -3.24. The number of ether oxygens (including phenoxy) is 1. The fourth-order valence-electron chi connectivity index (χ4n) is 1.27. The van der Waals surface area contributed by atoms with Crippen LogP contribution in [0, 0.1) is 0 Å². The summed E-state index contributed by atoms with van der Waals surface area (Å²) in [6.45, 7) is 0. The molecule has 0 unspecified atom stereocenters. The van der Waals surface area contributed by atoms with E-state index in [4.69, 9.17) is 4.55 Å². The summed E-state index contributed by atoms with van der Waals surface area (Å²) in [5.41, 5.74) is -0.132. The van der Waals surface area contributed by atoms with Crippen molar-refractivity contribution in [2.75, 3.05) is 7.11 Å². The van der Waals surface area contributed by atoms with Crippen LogP contribution in [0.15, 0.2) is 23.1 Å². The van der Waals surface area contributed by atoms with Crippen LogP contribution in [0.1, 0.15) is 10.4 Å². The van der Waals surface area contributed by atoms with Crippen LogP contribution in [0.3, 0.4) is 0 Å². The Balaban J connectivity index is 3.54. The number of methoxy groups -OCH3 is 1. The van der Waals surface area contributed by atoms with Crippen molar-refractivity contribution in [1.82, 2.24) is 0 Å². The maximum atomic E-state index is 11.3. The van der Waals surface area contributed by atoms with E-state index < -0.39 is 16.1 Å².